The van der Waals surface area contributed by atoms with E-state index in [-0.39, 0.29) is 34.9 Å². The van der Waals surface area contributed by atoms with Crippen molar-refractivity contribution in [1.82, 2.24) is 4.90 Å². The van der Waals surface area contributed by atoms with Crippen molar-refractivity contribution in [1.29, 1.82) is 0 Å². The minimum absolute atomic E-state index is 0.00721. The first kappa shape index (κ1) is 21.4. The summed E-state index contributed by atoms with van der Waals surface area (Å²) in [6.45, 7) is 0.308. The van der Waals surface area contributed by atoms with Crippen LogP contribution in [0.5, 0.6) is 0 Å². The quantitative estimate of drug-likeness (QED) is 0.395. The van der Waals surface area contributed by atoms with E-state index in [0.717, 1.165) is 24.8 Å². The third kappa shape index (κ3) is 3.52. The zero-order chi connectivity index (χ0) is 23.2. The second-order valence-electron chi connectivity index (χ2n) is 9.36. The summed E-state index contributed by atoms with van der Waals surface area (Å²) in [6, 6.07) is 21.7. The van der Waals surface area contributed by atoms with Crippen molar-refractivity contribution in [3.63, 3.8) is 0 Å². The fourth-order valence-electron chi connectivity index (χ4n) is 5.93. The molecule has 34 heavy (non-hydrogen) atoms. The second kappa shape index (κ2) is 8.59. The number of carbonyl (C=O) groups excluding carboxylic acids is 1. The van der Waals surface area contributed by atoms with Crippen molar-refractivity contribution in [3.05, 3.63) is 100 Å². The molecule has 1 aliphatic carbocycles. The van der Waals surface area contributed by atoms with Crippen molar-refractivity contribution in [2.75, 3.05) is 6.61 Å². The third-order valence-electron chi connectivity index (χ3n) is 7.48. The molecular formula is C29H25ClFNO2. The van der Waals surface area contributed by atoms with Crippen LogP contribution < -0.4 is 0 Å². The highest BCUT2D eigenvalue weighted by molar-refractivity contribution is 6.30. The van der Waals surface area contributed by atoms with Crippen LogP contribution in [-0.2, 0) is 4.74 Å². The molecule has 3 aromatic rings. The molecule has 0 radical (unpaired) electrons. The summed E-state index contributed by atoms with van der Waals surface area (Å²) in [5.41, 5.74) is 6.30. The minimum atomic E-state index is -0.386. The SMILES string of the molecule is O=C(OCC1c2ccccc2-c2ccccc21)N1C2C=C(c3cccc(Cl)c3F)CC1CCC2. The Hall–Kier alpha value is -3.11. The van der Waals surface area contributed by atoms with E-state index in [2.05, 4.69) is 24.3 Å². The van der Waals surface area contributed by atoms with Crippen LogP contribution in [0.2, 0.25) is 5.02 Å². The molecule has 5 heteroatoms. The average molecular weight is 474 g/mol. The van der Waals surface area contributed by atoms with E-state index in [1.165, 1.54) is 22.3 Å². The predicted octanol–water partition coefficient (Wildman–Crippen LogP) is 7.44. The summed E-state index contributed by atoms with van der Waals surface area (Å²) in [6.07, 6.45) is 5.15. The molecule has 1 fully saturated rings. The summed E-state index contributed by atoms with van der Waals surface area (Å²) in [5, 5.41) is 0.127. The van der Waals surface area contributed by atoms with Crippen molar-refractivity contribution in [2.45, 2.75) is 43.7 Å². The summed E-state index contributed by atoms with van der Waals surface area (Å²) in [7, 11) is 0. The van der Waals surface area contributed by atoms with Crippen LogP contribution in [0.25, 0.3) is 16.7 Å². The number of carbonyl (C=O) groups is 1. The lowest BCUT2D eigenvalue weighted by Gasteiger charge is -2.44. The Kier molecular flexibility index (Phi) is 5.41. The van der Waals surface area contributed by atoms with Gasteiger partial charge in [0.1, 0.15) is 12.4 Å². The molecule has 2 unspecified atom stereocenters. The summed E-state index contributed by atoms with van der Waals surface area (Å²) >= 11 is 6.02. The smallest absolute Gasteiger partial charge is 0.410 e. The van der Waals surface area contributed by atoms with Crippen molar-refractivity contribution < 1.29 is 13.9 Å². The first-order chi connectivity index (χ1) is 16.6. The number of hydrogen-bond donors (Lipinski definition) is 0. The molecule has 2 atom stereocenters. The number of fused-ring (bicyclic) bond motifs is 5. The van der Waals surface area contributed by atoms with Gasteiger partial charge in [-0.15, -0.1) is 0 Å². The number of nitrogens with zero attached hydrogens (tertiary/aromatic N) is 1. The fraction of sp³-hybridized carbons (Fsp3) is 0.276. The number of halogens is 2. The van der Waals surface area contributed by atoms with E-state index in [1.54, 1.807) is 18.2 Å². The molecule has 2 bridgehead atoms. The van der Waals surface area contributed by atoms with Crippen LogP contribution in [0.3, 0.4) is 0 Å². The largest absolute Gasteiger partial charge is 0.448 e. The maximum absolute atomic E-state index is 14.7. The normalized spacial score (nSPS) is 21.0. The molecule has 0 saturated carbocycles. The van der Waals surface area contributed by atoms with E-state index in [9.17, 15) is 9.18 Å². The predicted molar refractivity (Wildman–Crippen MR) is 132 cm³/mol. The lowest BCUT2D eigenvalue weighted by Crippen LogP contribution is -2.52. The van der Waals surface area contributed by atoms with Crippen molar-refractivity contribution in [2.24, 2.45) is 0 Å². The van der Waals surface area contributed by atoms with Gasteiger partial charge in [0.15, 0.2) is 0 Å². The van der Waals surface area contributed by atoms with Gasteiger partial charge in [0.05, 0.1) is 11.1 Å². The van der Waals surface area contributed by atoms with Gasteiger partial charge in [-0.05, 0) is 59.6 Å². The van der Waals surface area contributed by atoms with Gasteiger partial charge in [-0.1, -0.05) is 78.3 Å². The van der Waals surface area contributed by atoms with Gasteiger partial charge in [0.2, 0.25) is 0 Å². The van der Waals surface area contributed by atoms with Gasteiger partial charge in [-0.2, -0.15) is 0 Å². The third-order valence-corrected chi connectivity index (χ3v) is 7.77. The monoisotopic (exact) mass is 473 g/mol. The molecule has 2 aliphatic heterocycles. The van der Waals surface area contributed by atoms with Crippen LogP contribution >= 0.6 is 11.6 Å². The Labute approximate surface area is 203 Å². The Balaban J connectivity index is 1.23. The maximum atomic E-state index is 14.7. The van der Waals surface area contributed by atoms with Gasteiger partial charge in [-0.3, -0.25) is 4.90 Å². The van der Waals surface area contributed by atoms with Gasteiger partial charge >= 0.3 is 6.09 Å². The molecule has 3 aromatic carbocycles. The number of hydrogen-bond acceptors (Lipinski definition) is 2. The first-order valence-electron chi connectivity index (χ1n) is 11.9. The summed E-state index contributed by atoms with van der Waals surface area (Å²) in [4.78, 5) is 15.2. The molecule has 6 rings (SSSR count). The molecule has 3 aliphatic rings. The van der Waals surface area contributed by atoms with Gasteiger partial charge < -0.3 is 4.74 Å². The zero-order valence-corrected chi connectivity index (χ0v) is 19.5. The molecule has 2 heterocycles. The summed E-state index contributed by atoms with van der Waals surface area (Å²) in [5.74, 6) is -0.351. The number of benzene rings is 3. The minimum Gasteiger partial charge on any atom is -0.448 e. The highest BCUT2D eigenvalue weighted by atomic mass is 35.5. The standard InChI is InChI=1S/C29H25ClFNO2/c30-27-14-6-13-21(28(27)31)18-15-19-7-5-8-20(16-18)32(19)29(33)34-17-26-24-11-3-1-9-22(24)23-10-2-4-12-25(23)26/h1-4,6,9-15,19-20,26H,5,7-8,16-17H2. The van der Waals surface area contributed by atoms with E-state index < -0.39 is 0 Å². The number of piperidine rings is 1. The van der Waals surface area contributed by atoms with Crippen molar-refractivity contribution in [3.8, 4) is 11.1 Å². The zero-order valence-electron chi connectivity index (χ0n) is 18.7. The molecule has 172 valence electrons. The van der Waals surface area contributed by atoms with Gasteiger partial charge in [0.25, 0.3) is 0 Å². The average Bonchev–Trinajstić information content (AvgIpc) is 3.17. The lowest BCUT2D eigenvalue weighted by molar-refractivity contribution is 0.0538. The second-order valence-corrected chi connectivity index (χ2v) is 9.77. The highest BCUT2D eigenvalue weighted by Gasteiger charge is 2.39. The van der Waals surface area contributed by atoms with Gasteiger partial charge in [0, 0.05) is 17.5 Å². The number of amides is 1. The van der Waals surface area contributed by atoms with Crippen LogP contribution in [0, 0.1) is 5.82 Å². The molecular weight excluding hydrogens is 449 g/mol. The molecule has 1 saturated heterocycles. The Bertz CT molecular complexity index is 1260. The van der Waals surface area contributed by atoms with E-state index >= 15 is 0 Å². The Morgan fingerprint density at radius 2 is 1.62 bits per heavy atom. The highest BCUT2D eigenvalue weighted by Crippen LogP contribution is 2.45. The topological polar surface area (TPSA) is 29.5 Å². The number of ether oxygens (including phenoxy) is 1. The summed E-state index contributed by atoms with van der Waals surface area (Å²) < 4.78 is 20.6. The van der Waals surface area contributed by atoms with Crippen LogP contribution in [0.4, 0.5) is 9.18 Å². The molecule has 1 amide bonds. The van der Waals surface area contributed by atoms with E-state index in [1.807, 2.05) is 35.2 Å². The molecule has 0 spiro atoms. The molecule has 0 aromatic heterocycles. The fourth-order valence-corrected chi connectivity index (χ4v) is 6.11. The van der Waals surface area contributed by atoms with Crippen molar-refractivity contribution >= 4 is 23.3 Å². The maximum Gasteiger partial charge on any atom is 0.410 e. The molecule has 3 nitrogen and oxygen atoms in total. The van der Waals surface area contributed by atoms with Crippen LogP contribution in [0.1, 0.15) is 48.3 Å². The molecule has 0 N–H and O–H groups in total. The van der Waals surface area contributed by atoms with Crippen LogP contribution in [0.15, 0.2) is 72.8 Å². The van der Waals surface area contributed by atoms with E-state index in [4.69, 9.17) is 16.3 Å². The van der Waals surface area contributed by atoms with E-state index in [0.29, 0.717) is 18.6 Å². The first-order valence-corrected chi connectivity index (χ1v) is 12.3. The van der Waals surface area contributed by atoms with Crippen LogP contribution in [-0.4, -0.2) is 29.7 Å². The number of rotatable bonds is 3. The Morgan fingerprint density at radius 1 is 0.941 bits per heavy atom. The Morgan fingerprint density at radius 3 is 2.32 bits per heavy atom. The van der Waals surface area contributed by atoms with Gasteiger partial charge in [-0.25, -0.2) is 9.18 Å². The lowest BCUT2D eigenvalue weighted by atomic mass is 9.83.